The number of hydrogen-bond acceptors (Lipinski definition) is 4. The Hall–Kier alpha value is -2.18. The van der Waals surface area contributed by atoms with Crippen molar-refractivity contribution in [1.29, 1.82) is 0 Å². The highest BCUT2D eigenvalue weighted by Gasteiger charge is 2.27. The van der Waals surface area contributed by atoms with Crippen molar-refractivity contribution in [2.24, 2.45) is 0 Å². The summed E-state index contributed by atoms with van der Waals surface area (Å²) in [5, 5.41) is 0.250. The van der Waals surface area contributed by atoms with Crippen LogP contribution < -0.4 is 5.73 Å². The number of pyridine rings is 1. The second-order valence-corrected chi connectivity index (χ2v) is 6.12. The van der Waals surface area contributed by atoms with Crippen molar-refractivity contribution < 1.29 is 13.9 Å². The molecular formula is C17H17ClFN3O2. The second kappa shape index (κ2) is 6.75. The Kier molecular flexibility index (Phi) is 4.69. The van der Waals surface area contributed by atoms with Crippen molar-refractivity contribution in [2.75, 3.05) is 25.4 Å². The standard InChI is InChI=1S/C17H17ClFN3O2/c1-10-6-11(2-3-14(10)19)15-9-22(4-5-24-15)17(23)12-7-13(18)16(20)21-8-12/h2-3,6-8,15H,4-5,9H2,1H3,(H2,20,21)/t15-/m1/s1. The predicted molar refractivity (Wildman–Crippen MR) is 89.4 cm³/mol. The highest BCUT2D eigenvalue weighted by molar-refractivity contribution is 6.33. The van der Waals surface area contributed by atoms with Gasteiger partial charge in [-0.1, -0.05) is 23.7 Å². The van der Waals surface area contributed by atoms with E-state index in [1.807, 2.05) is 0 Å². The second-order valence-electron chi connectivity index (χ2n) is 5.71. The summed E-state index contributed by atoms with van der Waals surface area (Å²) in [4.78, 5) is 18.2. The molecular weight excluding hydrogens is 333 g/mol. The van der Waals surface area contributed by atoms with Gasteiger partial charge in [0.25, 0.3) is 5.91 Å². The summed E-state index contributed by atoms with van der Waals surface area (Å²) in [6, 6.07) is 6.36. The minimum absolute atomic E-state index is 0.184. The molecule has 0 aliphatic carbocycles. The first kappa shape index (κ1) is 16.7. The number of benzene rings is 1. The van der Waals surface area contributed by atoms with E-state index in [1.165, 1.54) is 18.3 Å². The number of carbonyl (C=O) groups is 1. The number of anilines is 1. The maximum absolute atomic E-state index is 13.4. The fraction of sp³-hybridized carbons (Fsp3) is 0.294. The quantitative estimate of drug-likeness (QED) is 0.905. The van der Waals surface area contributed by atoms with Gasteiger partial charge in [0.2, 0.25) is 0 Å². The van der Waals surface area contributed by atoms with Gasteiger partial charge in [0.1, 0.15) is 17.7 Å². The normalized spacial score (nSPS) is 17.8. The van der Waals surface area contributed by atoms with Crippen molar-refractivity contribution in [2.45, 2.75) is 13.0 Å². The van der Waals surface area contributed by atoms with E-state index in [9.17, 15) is 9.18 Å². The molecule has 1 amide bonds. The Morgan fingerprint density at radius 1 is 1.46 bits per heavy atom. The van der Waals surface area contributed by atoms with Crippen LogP contribution >= 0.6 is 11.6 Å². The van der Waals surface area contributed by atoms with Crippen LogP contribution in [0.5, 0.6) is 0 Å². The van der Waals surface area contributed by atoms with Crippen molar-refractivity contribution >= 4 is 23.3 Å². The zero-order valence-corrected chi connectivity index (χ0v) is 13.9. The molecule has 0 bridgehead atoms. The molecule has 1 aliphatic heterocycles. The first-order chi connectivity index (χ1) is 11.5. The van der Waals surface area contributed by atoms with Crippen molar-refractivity contribution in [3.63, 3.8) is 0 Å². The molecule has 1 aromatic heterocycles. The van der Waals surface area contributed by atoms with Crippen molar-refractivity contribution in [3.05, 3.63) is 58.0 Å². The zero-order chi connectivity index (χ0) is 17.3. The topological polar surface area (TPSA) is 68.5 Å². The van der Waals surface area contributed by atoms with Crippen LogP contribution in [-0.4, -0.2) is 35.5 Å². The first-order valence-corrected chi connectivity index (χ1v) is 7.91. The lowest BCUT2D eigenvalue weighted by Gasteiger charge is -2.33. The minimum Gasteiger partial charge on any atom is -0.382 e. The monoisotopic (exact) mass is 349 g/mol. The van der Waals surface area contributed by atoms with E-state index in [-0.39, 0.29) is 28.7 Å². The molecule has 5 nitrogen and oxygen atoms in total. The van der Waals surface area contributed by atoms with Gasteiger partial charge < -0.3 is 15.4 Å². The van der Waals surface area contributed by atoms with Gasteiger partial charge in [0, 0.05) is 12.7 Å². The van der Waals surface area contributed by atoms with Gasteiger partial charge in [0.05, 0.1) is 23.7 Å². The maximum atomic E-state index is 13.4. The molecule has 0 unspecified atom stereocenters. The van der Waals surface area contributed by atoms with Gasteiger partial charge in [-0.2, -0.15) is 0 Å². The average molecular weight is 350 g/mol. The molecule has 0 radical (unpaired) electrons. The molecule has 3 rings (SSSR count). The number of aromatic nitrogens is 1. The molecule has 1 aromatic carbocycles. The van der Waals surface area contributed by atoms with Crippen LogP contribution in [0.25, 0.3) is 0 Å². The fourth-order valence-electron chi connectivity index (χ4n) is 2.65. The predicted octanol–water partition coefficient (Wildman–Crippen LogP) is 2.98. The Bertz CT molecular complexity index is 784. The van der Waals surface area contributed by atoms with Gasteiger partial charge in [-0.3, -0.25) is 4.79 Å². The number of rotatable bonds is 2. The average Bonchev–Trinajstić information content (AvgIpc) is 2.59. The van der Waals surface area contributed by atoms with Crippen LogP contribution in [-0.2, 0) is 4.74 Å². The number of amides is 1. The lowest BCUT2D eigenvalue weighted by molar-refractivity contribution is -0.0228. The zero-order valence-electron chi connectivity index (χ0n) is 13.1. The highest BCUT2D eigenvalue weighted by atomic mass is 35.5. The molecule has 1 saturated heterocycles. The van der Waals surface area contributed by atoms with Gasteiger partial charge in [-0.25, -0.2) is 9.37 Å². The number of morpholine rings is 1. The van der Waals surface area contributed by atoms with Gasteiger partial charge in [0.15, 0.2) is 0 Å². The maximum Gasteiger partial charge on any atom is 0.255 e. The number of hydrogen-bond donors (Lipinski definition) is 1. The fourth-order valence-corrected chi connectivity index (χ4v) is 2.82. The third-order valence-electron chi connectivity index (χ3n) is 4.02. The number of aryl methyl sites for hydroxylation is 1. The van der Waals surface area contributed by atoms with Crippen LogP contribution in [0.3, 0.4) is 0 Å². The molecule has 1 fully saturated rings. The lowest BCUT2D eigenvalue weighted by Crippen LogP contribution is -2.42. The Morgan fingerprint density at radius 2 is 2.25 bits per heavy atom. The Labute approximate surface area is 144 Å². The summed E-state index contributed by atoms with van der Waals surface area (Å²) >= 11 is 5.94. The van der Waals surface area contributed by atoms with E-state index in [2.05, 4.69) is 4.98 Å². The van der Waals surface area contributed by atoms with Crippen molar-refractivity contribution in [1.82, 2.24) is 9.88 Å². The summed E-state index contributed by atoms with van der Waals surface area (Å²) in [7, 11) is 0. The molecule has 0 spiro atoms. The third-order valence-corrected chi connectivity index (χ3v) is 4.33. The molecule has 2 heterocycles. The largest absolute Gasteiger partial charge is 0.382 e. The SMILES string of the molecule is Cc1cc([C@H]2CN(C(=O)c3cnc(N)c(Cl)c3)CCO2)ccc1F. The molecule has 2 aromatic rings. The van der Waals surface area contributed by atoms with Gasteiger partial charge in [-0.15, -0.1) is 0 Å². The Morgan fingerprint density at radius 3 is 2.96 bits per heavy atom. The summed E-state index contributed by atoms with van der Waals surface area (Å²) in [6.07, 6.45) is 1.12. The summed E-state index contributed by atoms with van der Waals surface area (Å²) < 4.78 is 19.2. The molecule has 24 heavy (non-hydrogen) atoms. The van der Waals surface area contributed by atoms with Gasteiger partial charge >= 0.3 is 0 Å². The van der Waals surface area contributed by atoms with Crippen LogP contribution in [0.1, 0.15) is 27.6 Å². The third kappa shape index (κ3) is 3.34. The van der Waals surface area contributed by atoms with E-state index < -0.39 is 0 Å². The van der Waals surface area contributed by atoms with Gasteiger partial charge in [-0.05, 0) is 30.2 Å². The van der Waals surface area contributed by atoms with E-state index in [1.54, 1.807) is 24.0 Å². The number of halogens is 2. The van der Waals surface area contributed by atoms with E-state index >= 15 is 0 Å². The first-order valence-electron chi connectivity index (χ1n) is 7.53. The number of ether oxygens (including phenoxy) is 1. The number of nitrogen functional groups attached to an aromatic ring is 1. The number of nitrogens with zero attached hydrogens (tertiary/aromatic N) is 2. The van der Waals surface area contributed by atoms with Crippen LogP contribution in [0, 0.1) is 12.7 Å². The number of nitrogens with two attached hydrogens (primary N) is 1. The highest BCUT2D eigenvalue weighted by Crippen LogP contribution is 2.25. The van der Waals surface area contributed by atoms with Crippen molar-refractivity contribution in [3.8, 4) is 0 Å². The molecule has 126 valence electrons. The van der Waals surface area contributed by atoms with E-state index in [0.717, 1.165) is 5.56 Å². The number of carbonyl (C=O) groups excluding carboxylic acids is 1. The summed E-state index contributed by atoms with van der Waals surface area (Å²) in [5.41, 5.74) is 7.35. The molecule has 7 heteroatoms. The summed E-state index contributed by atoms with van der Waals surface area (Å²) in [6.45, 7) is 2.96. The smallest absolute Gasteiger partial charge is 0.255 e. The van der Waals surface area contributed by atoms with Crippen LogP contribution in [0.4, 0.5) is 10.2 Å². The molecule has 1 aliphatic rings. The molecule has 0 saturated carbocycles. The lowest BCUT2D eigenvalue weighted by atomic mass is 10.0. The molecule has 2 N–H and O–H groups in total. The minimum atomic E-state index is -0.292. The van der Waals surface area contributed by atoms with E-state index in [0.29, 0.717) is 30.8 Å². The molecule has 1 atom stereocenters. The summed E-state index contributed by atoms with van der Waals surface area (Å²) in [5.74, 6) is -0.253. The Balaban J connectivity index is 1.78. The van der Waals surface area contributed by atoms with Crippen LogP contribution in [0.15, 0.2) is 30.5 Å². The van der Waals surface area contributed by atoms with E-state index in [4.69, 9.17) is 22.1 Å². The van der Waals surface area contributed by atoms with Crippen LogP contribution in [0.2, 0.25) is 5.02 Å².